The Kier molecular flexibility index (Phi) is 12.0. The highest BCUT2D eigenvalue weighted by Gasteiger charge is 2.64. The number of unbranched alkanes of at least 4 members (excludes halogenated alkanes) is 14. The minimum absolute atomic E-state index is 0.160. The maximum Gasteiger partial charge on any atom is 0.303 e. The van der Waals surface area contributed by atoms with Gasteiger partial charge in [0.2, 0.25) is 0 Å². The van der Waals surface area contributed by atoms with Gasteiger partial charge in [-0.3, -0.25) is 4.79 Å². The van der Waals surface area contributed by atoms with Crippen LogP contribution in [-0.4, -0.2) is 58.0 Å². The maximum absolute atomic E-state index is 10.4. The highest BCUT2D eigenvalue weighted by molar-refractivity contribution is 5.66. The molecule has 6 nitrogen and oxygen atoms in total. The minimum Gasteiger partial charge on any atom is -0.504 e. The molecule has 1 saturated heterocycles. The first-order chi connectivity index (χ1) is 19.9. The van der Waals surface area contributed by atoms with Gasteiger partial charge in [-0.25, -0.2) is 0 Å². The number of ether oxygens (including phenoxy) is 1. The molecule has 2 heterocycles. The molecule has 1 aromatic rings. The van der Waals surface area contributed by atoms with Crippen molar-refractivity contribution in [2.75, 3.05) is 13.6 Å². The van der Waals surface area contributed by atoms with Crippen LogP contribution >= 0.6 is 0 Å². The van der Waals surface area contributed by atoms with Crippen LogP contribution in [0.25, 0.3) is 0 Å². The van der Waals surface area contributed by atoms with E-state index in [0.717, 1.165) is 32.2 Å². The van der Waals surface area contributed by atoms with E-state index in [-0.39, 0.29) is 17.3 Å². The Labute approximate surface area is 248 Å². The average molecular weight is 570 g/mol. The van der Waals surface area contributed by atoms with Gasteiger partial charge in [0.15, 0.2) is 11.5 Å². The van der Waals surface area contributed by atoms with Crippen LogP contribution in [0.15, 0.2) is 24.3 Å². The molecular weight excluding hydrogens is 514 g/mol. The third-order valence-electron chi connectivity index (χ3n) is 10.1. The summed E-state index contributed by atoms with van der Waals surface area (Å²) in [5, 5.41) is 29.2. The molecule has 1 spiro atoms. The minimum atomic E-state index is -0.653. The number of benzene rings is 1. The van der Waals surface area contributed by atoms with Crippen molar-refractivity contribution < 1.29 is 24.9 Å². The van der Waals surface area contributed by atoms with Crippen molar-refractivity contribution >= 4 is 5.97 Å². The van der Waals surface area contributed by atoms with E-state index in [0.29, 0.717) is 24.1 Å². The summed E-state index contributed by atoms with van der Waals surface area (Å²) in [6, 6.07) is 4.23. The van der Waals surface area contributed by atoms with E-state index in [1.54, 1.807) is 6.07 Å². The van der Waals surface area contributed by atoms with E-state index in [4.69, 9.17) is 9.84 Å². The Morgan fingerprint density at radius 2 is 1.51 bits per heavy atom. The second-order valence-corrected chi connectivity index (χ2v) is 13.0. The number of phenols is 1. The van der Waals surface area contributed by atoms with Gasteiger partial charge in [-0.2, -0.15) is 0 Å². The Bertz CT molecular complexity index is 1010. The standard InChI is InChI=1S/C18H36O2.C17H19NO3/c1-2-3-4-5-6-7-8-9-10-11-12-13-14-15-16-17-18(19)20;1-18-7-6-17-10-3-5-13(20)16(17)21-15-12(19)4-2-9(14(15)17)8-11(10)18/h2-17H2,1H3,(H,19,20);2-5,10-11,13,16,19-20H,6-8H2,1H3/t;10-,11+,13-,16-,17-/m.0/s1. The predicted molar refractivity (Wildman–Crippen MR) is 165 cm³/mol. The number of likely N-dealkylation sites (N-methyl/N-ethyl adjacent to an activating group) is 1. The molecule has 4 aliphatic rings. The molecule has 2 aliphatic carbocycles. The fourth-order valence-corrected chi connectivity index (χ4v) is 7.89. The molecule has 6 heteroatoms. The average Bonchev–Trinajstić information content (AvgIpc) is 3.32. The highest BCUT2D eigenvalue weighted by atomic mass is 16.5. The summed E-state index contributed by atoms with van der Waals surface area (Å²) >= 11 is 0. The normalized spacial score (nSPS) is 27.1. The van der Waals surface area contributed by atoms with Crippen LogP contribution in [0.1, 0.15) is 127 Å². The topological polar surface area (TPSA) is 90.2 Å². The predicted octanol–water partition coefficient (Wildman–Crippen LogP) is 7.53. The zero-order valence-corrected chi connectivity index (χ0v) is 25.7. The summed E-state index contributed by atoms with van der Waals surface area (Å²) in [4.78, 5) is 12.8. The smallest absolute Gasteiger partial charge is 0.303 e. The quantitative estimate of drug-likeness (QED) is 0.141. The van der Waals surface area contributed by atoms with Gasteiger partial charge in [0.1, 0.15) is 12.2 Å². The molecule has 230 valence electrons. The van der Waals surface area contributed by atoms with Gasteiger partial charge >= 0.3 is 5.97 Å². The molecule has 0 aromatic heterocycles. The number of likely N-dealkylation sites (tertiary alicyclic amines) is 1. The Balaban J connectivity index is 0.000000190. The molecule has 1 fully saturated rings. The van der Waals surface area contributed by atoms with E-state index in [1.165, 1.54) is 94.6 Å². The number of carbonyl (C=O) groups is 1. The van der Waals surface area contributed by atoms with Crippen molar-refractivity contribution in [1.29, 1.82) is 0 Å². The zero-order valence-electron chi connectivity index (χ0n) is 25.7. The van der Waals surface area contributed by atoms with Crippen molar-refractivity contribution in [3.8, 4) is 11.5 Å². The number of phenolic OH excluding ortho intramolecular Hbond substituents is 1. The number of rotatable bonds is 16. The van der Waals surface area contributed by atoms with Crippen LogP contribution in [-0.2, 0) is 16.6 Å². The van der Waals surface area contributed by atoms with Gasteiger partial charge in [0.05, 0.1) is 0 Å². The lowest BCUT2D eigenvalue weighted by atomic mass is 9.53. The maximum atomic E-state index is 10.4. The Morgan fingerprint density at radius 3 is 2.10 bits per heavy atom. The van der Waals surface area contributed by atoms with E-state index < -0.39 is 12.1 Å². The summed E-state index contributed by atoms with van der Waals surface area (Å²) in [6.45, 7) is 3.28. The molecule has 2 bridgehead atoms. The van der Waals surface area contributed by atoms with E-state index in [9.17, 15) is 15.0 Å². The third-order valence-corrected chi connectivity index (χ3v) is 10.1. The van der Waals surface area contributed by atoms with Gasteiger partial charge in [0.25, 0.3) is 0 Å². The van der Waals surface area contributed by atoms with Crippen LogP contribution in [0.3, 0.4) is 0 Å². The summed E-state index contributed by atoms with van der Waals surface area (Å²) in [5.41, 5.74) is 2.29. The van der Waals surface area contributed by atoms with Crippen molar-refractivity contribution in [3.63, 3.8) is 0 Å². The number of carboxylic acids is 1. The molecule has 0 radical (unpaired) electrons. The van der Waals surface area contributed by atoms with Gasteiger partial charge in [-0.15, -0.1) is 0 Å². The fraction of sp³-hybridized carbons (Fsp3) is 0.743. The zero-order chi connectivity index (χ0) is 29.2. The van der Waals surface area contributed by atoms with Crippen LogP contribution in [0, 0.1) is 5.92 Å². The SMILES string of the molecule is CCCCCCCCCCCCCCCCCC(=O)O.CN1CC[C@]23c4c5ccc(O)c4O[C@H]2[C@@H](O)C=C[C@H]3[C@H]1C5. The molecule has 5 atom stereocenters. The molecule has 5 rings (SSSR count). The lowest BCUT2D eigenvalue weighted by Crippen LogP contribution is -2.64. The van der Waals surface area contributed by atoms with Crippen LogP contribution in [0.4, 0.5) is 0 Å². The molecule has 0 unspecified atom stereocenters. The van der Waals surface area contributed by atoms with E-state index in [2.05, 4.69) is 24.9 Å². The fourth-order valence-electron chi connectivity index (χ4n) is 7.89. The molecule has 3 N–H and O–H groups in total. The monoisotopic (exact) mass is 569 g/mol. The summed E-state index contributed by atoms with van der Waals surface area (Å²) in [6.07, 6.45) is 25.4. The van der Waals surface area contributed by atoms with E-state index in [1.807, 2.05) is 12.1 Å². The lowest BCUT2D eigenvalue weighted by Gasteiger charge is -2.56. The molecule has 1 aromatic carbocycles. The first kappa shape index (κ1) is 31.9. The number of nitrogens with zero attached hydrogens (tertiary/aromatic N) is 1. The number of hydrogen-bond donors (Lipinski definition) is 3. The number of carboxylic acid groups (broad SMARTS) is 1. The number of aliphatic hydroxyl groups excluding tert-OH is 1. The number of hydrogen-bond acceptors (Lipinski definition) is 5. The van der Waals surface area contributed by atoms with Crippen LogP contribution < -0.4 is 4.74 Å². The number of piperidine rings is 1. The first-order valence-electron chi connectivity index (χ1n) is 16.7. The Morgan fingerprint density at radius 1 is 0.927 bits per heavy atom. The second kappa shape index (κ2) is 15.4. The van der Waals surface area contributed by atoms with Gasteiger partial charge in [-0.05, 0) is 44.5 Å². The van der Waals surface area contributed by atoms with Crippen molar-refractivity contribution in [1.82, 2.24) is 4.90 Å². The number of aliphatic carboxylic acids is 1. The molecular formula is C35H55NO5. The van der Waals surface area contributed by atoms with Crippen molar-refractivity contribution in [2.45, 2.75) is 146 Å². The number of aliphatic hydroxyl groups is 1. The molecule has 41 heavy (non-hydrogen) atoms. The summed E-state index contributed by atoms with van der Waals surface area (Å²) < 4.78 is 6.09. The number of aromatic hydroxyl groups is 1. The Hall–Kier alpha value is -2.05. The van der Waals surface area contributed by atoms with Gasteiger partial charge in [-0.1, -0.05) is 115 Å². The van der Waals surface area contributed by atoms with Crippen LogP contribution in [0.5, 0.6) is 11.5 Å². The van der Waals surface area contributed by atoms with Crippen molar-refractivity contribution in [3.05, 3.63) is 35.4 Å². The third kappa shape index (κ3) is 7.48. The molecule has 0 amide bonds. The lowest BCUT2D eigenvalue weighted by molar-refractivity contribution is -0.137. The van der Waals surface area contributed by atoms with Gasteiger partial charge in [0, 0.05) is 29.4 Å². The first-order valence-corrected chi connectivity index (χ1v) is 16.7. The van der Waals surface area contributed by atoms with Crippen molar-refractivity contribution in [2.24, 2.45) is 5.92 Å². The summed E-state index contributed by atoms with van der Waals surface area (Å²) in [7, 11) is 2.19. The van der Waals surface area contributed by atoms with Gasteiger partial charge < -0.3 is 25.0 Å². The van der Waals surface area contributed by atoms with Crippen LogP contribution in [0.2, 0.25) is 0 Å². The van der Waals surface area contributed by atoms with E-state index >= 15 is 0 Å². The summed E-state index contributed by atoms with van der Waals surface area (Å²) in [5.74, 6) is 0.536. The molecule has 0 saturated carbocycles. The largest absolute Gasteiger partial charge is 0.504 e. The second-order valence-electron chi connectivity index (χ2n) is 13.0. The molecule has 2 aliphatic heterocycles. The highest BCUT2D eigenvalue weighted by Crippen LogP contribution is 2.62.